The van der Waals surface area contributed by atoms with Gasteiger partial charge in [0.1, 0.15) is 23.0 Å². The third-order valence-corrected chi connectivity index (χ3v) is 6.53. The van der Waals surface area contributed by atoms with Crippen molar-refractivity contribution in [3.05, 3.63) is 131 Å². The molecule has 50 heavy (non-hydrogen) atoms. The summed E-state index contributed by atoms with van der Waals surface area (Å²) in [4.78, 5) is 25.0. The largest absolute Gasteiger partial charge is 0.451 e. The first-order chi connectivity index (χ1) is 23.9. The molecule has 8 nitrogen and oxygen atoms in total. The van der Waals surface area contributed by atoms with Gasteiger partial charge in [0, 0.05) is 22.5 Å². The Bertz CT molecular complexity index is 1800. The standard InChI is InChI=1S/C34H20F8N2O6/c35-25-27(37)30(48-22-11-3-18(4-12-22)32(46)44-20-7-15-24(16-8-20)50-34(41)42)28(38)26(36)29(25)47-21-9-1-17(2-10-21)31(45)43-19-5-13-23(14-6-19)49-33(39)40/h1-16,33-34H,(H,43,45)(H,44,46). The predicted molar refractivity (Wildman–Crippen MR) is 161 cm³/mol. The molecule has 5 aromatic rings. The van der Waals surface area contributed by atoms with E-state index in [1.807, 2.05) is 0 Å². The zero-order chi connectivity index (χ0) is 35.9. The van der Waals surface area contributed by atoms with Gasteiger partial charge in [-0.15, -0.1) is 0 Å². The molecule has 0 bridgehead atoms. The lowest BCUT2D eigenvalue weighted by molar-refractivity contribution is -0.0505. The van der Waals surface area contributed by atoms with Crippen LogP contribution in [-0.4, -0.2) is 25.0 Å². The number of amides is 2. The van der Waals surface area contributed by atoms with Crippen molar-refractivity contribution < 1.29 is 63.7 Å². The Morgan fingerprint density at radius 3 is 1.00 bits per heavy atom. The molecule has 0 aliphatic rings. The van der Waals surface area contributed by atoms with Gasteiger partial charge >= 0.3 is 13.2 Å². The summed E-state index contributed by atoms with van der Waals surface area (Å²) < 4.78 is 127. The first-order valence-corrected chi connectivity index (χ1v) is 14.0. The van der Waals surface area contributed by atoms with Gasteiger partial charge in [-0.3, -0.25) is 9.59 Å². The normalized spacial score (nSPS) is 10.9. The molecule has 2 N–H and O–H groups in total. The molecule has 0 fully saturated rings. The van der Waals surface area contributed by atoms with E-state index in [2.05, 4.69) is 20.1 Å². The predicted octanol–water partition coefficient (Wildman–Crippen LogP) is 9.53. The van der Waals surface area contributed by atoms with Crippen LogP contribution >= 0.6 is 0 Å². The molecule has 0 unspecified atom stereocenters. The molecule has 0 aliphatic heterocycles. The number of halogens is 8. The number of anilines is 2. The van der Waals surface area contributed by atoms with Gasteiger partial charge in [-0.05, 0) is 97.1 Å². The van der Waals surface area contributed by atoms with Gasteiger partial charge in [0.15, 0.2) is 0 Å². The van der Waals surface area contributed by atoms with E-state index in [-0.39, 0.29) is 45.5 Å². The molecule has 5 aromatic carbocycles. The van der Waals surface area contributed by atoms with E-state index in [0.29, 0.717) is 0 Å². The number of alkyl halides is 4. The molecular formula is C34H20F8N2O6. The maximum absolute atomic E-state index is 14.9. The monoisotopic (exact) mass is 704 g/mol. The van der Waals surface area contributed by atoms with Crippen LogP contribution in [0.25, 0.3) is 0 Å². The highest BCUT2D eigenvalue weighted by Crippen LogP contribution is 2.39. The Labute approximate surface area is 276 Å². The van der Waals surface area contributed by atoms with Crippen LogP contribution < -0.4 is 29.6 Å². The van der Waals surface area contributed by atoms with Crippen LogP contribution in [0.1, 0.15) is 20.7 Å². The van der Waals surface area contributed by atoms with E-state index in [4.69, 9.17) is 9.47 Å². The minimum absolute atomic E-state index is 0.0344. The fourth-order valence-electron chi connectivity index (χ4n) is 4.20. The molecule has 0 atom stereocenters. The summed E-state index contributed by atoms with van der Waals surface area (Å²) in [5, 5.41) is 4.99. The van der Waals surface area contributed by atoms with Crippen molar-refractivity contribution in [2.24, 2.45) is 0 Å². The van der Waals surface area contributed by atoms with Crippen molar-refractivity contribution in [2.45, 2.75) is 13.2 Å². The fourth-order valence-corrected chi connectivity index (χ4v) is 4.20. The van der Waals surface area contributed by atoms with Crippen molar-refractivity contribution in [2.75, 3.05) is 10.6 Å². The summed E-state index contributed by atoms with van der Waals surface area (Å²) >= 11 is 0. The van der Waals surface area contributed by atoms with E-state index in [0.717, 1.165) is 24.3 Å². The van der Waals surface area contributed by atoms with Crippen LogP contribution in [0.5, 0.6) is 34.5 Å². The summed E-state index contributed by atoms with van der Waals surface area (Å²) in [5.74, 6) is -12.7. The topological polar surface area (TPSA) is 95.1 Å². The van der Waals surface area contributed by atoms with Crippen molar-refractivity contribution in [3.63, 3.8) is 0 Å². The van der Waals surface area contributed by atoms with E-state index in [1.165, 1.54) is 72.8 Å². The Morgan fingerprint density at radius 2 is 0.720 bits per heavy atom. The lowest BCUT2D eigenvalue weighted by atomic mass is 10.2. The molecule has 5 rings (SSSR count). The van der Waals surface area contributed by atoms with Gasteiger partial charge in [-0.1, -0.05) is 0 Å². The molecule has 0 saturated carbocycles. The van der Waals surface area contributed by atoms with E-state index >= 15 is 0 Å². The lowest BCUT2D eigenvalue weighted by Gasteiger charge is -2.14. The highest BCUT2D eigenvalue weighted by atomic mass is 19.3. The zero-order valence-electron chi connectivity index (χ0n) is 24.9. The molecule has 0 radical (unpaired) electrons. The van der Waals surface area contributed by atoms with Gasteiger partial charge in [0.2, 0.25) is 34.8 Å². The average Bonchev–Trinajstić information content (AvgIpc) is 3.09. The minimum Gasteiger partial charge on any atom is -0.451 e. The average molecular weight is 705 g/mol. The van der Waals surface area contributed by atoms with Crippen LogP contribution in [0, 0.1) is 23.3 Å². The SMILES string of the molecule is O=C(Nc1ccc(OC(F)F)cc1)c1ccc(Oc2c(F)c(F)c(Oc3ccc(C(=O)Nc4ccc(OC(F)F)cc4)cc3)c(F)c2F)cc1. The number of carbonyl (C=O) groups excluding carboxylic acids is 2. The fraction of sp³-hybridized carbons (Fsp3) is 0.0588. The van der Waals surface area contributed by atoms with E-state index in [1.54, 1.807) is 0 Å². The molecule has 0 heterocycles. The van der Waals surface area contributed by atoms with Crippen LogP contribution in [0.15, 0.2) is 97.1 Å². The molecule has 2 amide bonds. The van der Waals surface area contributed by atoms with Gasteiger partial charge in [-0.2, -0.15) is 35.1 Å². The van der Waals surface area contributed by atoms with E-state index < -0.39 is 59.8 Å². The Morgan fingerprint density at radius 1 is 0.440 bits per heavy atom. The second-order valence-corrected chi connectivity index (χ2v) is 9.88. The molecule has 0 saturated heterocycles. The molecule has 0 aromatic heterocycles. The third-order valence-electron chi connectivity index (χ3n) is 6.53. The van der Waals surface area contributed by atoms with Gasteiger partial charge in [-0.25, -0.2) is 0 Å². The van der Waals surface area contributed by atoms with Gasteiger partial charge < -0.3 is 29.6 Å². The van der Waals surface area contributed by atoms with Crippen LogP contribution in [0.3, 0.4) is 0 Å². The molecule has 16 heteroatoms. The molecular weight excluding hydrogens is 684 g/mol. The number of carbonyl (C=O) groups is 2. The summed E-state index contributed by atoms with van der Waals surface area (Å²) in [7, 11) is 0. The lowest BCUT2D eigenvalue weighted by Crippen LogP contribution is -2.12. The maximum Gasteiger partial charge on any atom is 0.387 e. The highest BCUT2D eigenvalue weighted by Gasteiger charge is 2.29. The first kappa shape index (κ1) is 35.0. The van der Waals surface area contributed by atoms with Crippen molar-refractivity contribution >= 4 is 23.2 Å². The van der Waals surface area contributed by atoms with Crippen LogP contribution in [0.4, 0.5) is 46.5 Å². The Hall–Kier alpha value is -6.32. The molecule has 0 aliphatic carbocycles. The smallest absolute Gasteiger partial charge is 0.387 e. The maximum atomic E-state index is 14.9. The number of hydrogen-bond donors (Lipinski definition) is 2. The zero-order valence-corrected chi connectivity index (χ0v) is 24.9. The van der Waals surface area contributed by atoms with Crippen LogP contribution in [0.2, 0.25) is 0 Å². The summed E-state index contributed by atoms with van der Waals surface area (Å²) in [5.41, 5.74) is 0.544. The molecule has 258 valence electrons. The summed E-state index contributed by atoms with van der Waals surface area (Å²) in [6.07, 6.45) is 0. The second-order valence-electron chi connectivity index (χ2n) is 9.88. The minimum atomic E-state index is -3.02. The third kappa shape index (κ3) is 8.58. The summed E-state index contributed by atoms with van der Waals surface area (Å²) in [6, 6.07) is 19.2. The van der Waals surface area contributed by atoms with Gasteiger partial charge in [0.25, 0.3) is 11.8 Å². The second kappa shape index (κ2) is 15.3. The van der Waals surface area contributed by atoms with E-state index in [9.17, 15) is 44.7 Å². The van der Waals surface area contributed by atoms with Crippen molar-refractivity contribution in [1.82, 2.24) is 0 Å². The Kier molecular flexibility index (Phi) is 10.7. The number of ether oxygens (including phenoxy) is 4. The van der Waals surface area contributed by atoms with Crippen LogP contribution in [-0.2, 0) is 0 Å². The molecule has 0 spiro atoms. The Balaban J connectivity index is 1.22. The number of hydrogen-bond acceptors (Lipinski definition) is 6. The quantitative estimate of drug-likeness (QED) is 0.0993. The highest BCUT2D eigenvalue weighted by molar-refractivity contribution is 6.05. The number of rotatable bonds is 12. The number of benzene rings is 5. The van der Waals surface area contributed by atoms with Crippen molar-refractivity contribution in [1.29, 1.82) is 0 Å². The van der Waals surface area contributed by atoms with Gasteiger partial charge in [0.05, 0.1) is 0 Å². The summed E-state index contributed by atoms with van der Waals surface area (Å²) in [6.45, 7) is -6.04. The van der Waals surface area contributed by atoms with Crippen molar-refractivity contribution in [3.8, 4) is 34.5 Å². The first-order valence-electron chi connectivity index (χ1n) is 14.0. The number of nitrogens with one attached hydrogen (secondary N) is 2.